The van der Waals surface area contributed by atoms with Crippen LogP contribution in [0.1, 0.15) is 5.56 Å². The predicted molar refractivity (Wildman–Crippen MR) is 48.1 cm³/mol. The van der Waals surface area contributed by atoms with Crippen LogP contribution in [0.5, 0.6) is 0 Å². The highest BCUT2D eigenvalue weighted by atomic mass is 79.9. The van der Waals surface area contributed by atoms with Gasteiger partial charge in [-0.15, -0.1) is 0 Å². The van der Waals surface area contributed by atoms with Crippen molar-refractivity contribution < 1.29 is 9.50 Å². The van der Waals surface area contributed by atoms with Crippen LogP contribution < -0.4 is 0 Å². The lowest BCUT2D eigenvalue weighted by atomic mass is 10.2. The number of rotatable bonds is 0. The Hall–Kier alpha value is -0.850. The van der Waals surface area contributed by atoms with Gasteiger partial charge < -0.3 is 5.11 Å². The maximum atomic E-state index is 12.7. The van der Waals surface area contributed by atoms with Gasteiger partial charge >= 0.3 is 0 Å². The van der Waals surface area contributed by atoms with Crippen molar-refractivity contribution in [2.45, 2.75) is 0 Å². The summed E-state index contributed by atoms with van der Waals surface area (Å²) in [6.45, 7) is -0.214. The van der Waals surface area contributed by atoms with Crippen molar-refractivity contribution in [2.75, 3.05) is 6.61 Å². The highest BCUT2D eigenvalue weighted by Gasteiger charge is 1.94. The van der Waals surface area contributed by atoms with Crippen LogP contribution in [0, 0.1) is 17.7 Å². The average Bonchev–Trinajstić information content (AvgIpc) is 1.99. The molecule has 3 heteroatoms. The lowest BCUT2D eigenvalue weighted by molar-refractivity contribution is 0.350. The van der Waals surface area contributed by atoms with Crippen molar-refractivity contribution in [3.8, 4) is 11.8 Å². The molecular formula is C9H6BrFO. The zero-order valence-electron chi connectivity index (χ0n) is 6.14. The van der Waals surface area contributed by atoms with E-state index in [0.29, 0.717) is 10.0 Å². The van der Waals surface area contributed by atoms with Gasteiger partial charge in [0.05, 0.1) is 0 Å². The molecule has 0 bridgehead atoms. The summed E-state index contributed by atoms with van der Waals surface area (Å²) in [6.07, 6.45) is 0. The van der Waals surface area contributed by atoms with Crippen LogP contribution >= 0.6 is 15.9 Å². The molecule has 0 fully saturated rings. The molecule has 0 aliphatic heterocycles. The Bertz CT molecular complexity index is 318. The summed E-state index contributed by atoms with van der Waals surface area (Å²) in [5.74, 6) is 4.70. The number of aliphatic hydroxyl groups excluding tert-OH is 1. The van der Waals surface area contributed by atoms with E-state index in [-0.39, 0.29) is 12.4 Å². The first kappa shape index (κ1) is 9.24. The van der Waals surface area contributed by atoms with E-state index in [4.69, 9.17) is 5.11 Å². The Morgan fingerprint density at radius 1 is 1.42 bits per heavy atom. The lowest BCUT2D eigenvalue weighted by Crippen LogP contribution is -1.80. The van der Waals surface area contributed by atoms with Crippen LogP contribution in [-0.4, -0.2) is 11.7 Å². The van der Waals surface area contributed by atoms with Crippen molar-refractivity contribution in [3.63, 3.8) is 0 Å². The molecule has 1 N–H and O–H groups in total. The number of hydrogen-bond donors (Lipinski definition) is 1. The molecule has 0 amide bonds. The molecule has 12 heavy (non-hydrogen) atoms. The first-order chi connectivity index (χ1) is 5.72. The van der Waals surface area contributed by atoms with Crippen LogP contribution in [0.3, 0.4) is 0 Å². The molecular weight excluding hydrogens is 223 g/mol. The van der Waals surface area contributed by atoms with Crippen LogP contribution in [0.2, 0.25) is 0 Å². The van der Waals surface area contributed by atoms with Crippen LogP contribution in [-0.2, 0) is 0 Å². The SMILES string of the molecule is OCC#Cc1cc(F)cc(Br)c1. The van der Waals surface area contributed by atoms with Crippen LogP contribution in [0.25, 0.3) is 0 Å². The summed E-state index contributed by atoms with van der Waals surface area (Å²) in [6, 6.07) is 4.35. The minimum atomic E-state index is -0.341. The Morgan fingerprint density at radius 3 is 2.75 bits per heavy atom. The molecule has 0 atom stereocenters. The molecule has 0 heterocycles. The van der Waals surface area contributed by atoms with Crippen molar-refractivity contribution in [2.24, 2.45) is 0 Å². The summed E-state index contributed by atoms with van der Waals surface area (Å²) in [4.78, 5) is 0. The quantitative estimate of drug-likeness (QED) is 0.674. The molecule has 0 spiro atoms. The first-order valence-corrected chi connectivity index (χ1v) is 4.07. The Morgan fingerprint density at radius 2 is 2.17 bits per heavy atom. The zero-order valence-corrected chi connectivity index (χ0v) is 7.73. The van der Waals surface area contributed by atoms with Gasteiger partial charge in [-0.3, -0.25) is 0 Å². The molecule has 0 aliphatic carbocycles. The van der Waals surface area contributed by atoms with E-state index in [2.05, 4.69) is 27.8 Å². The number of aliphatic hydroxyl groups is 1. The zero-order chi connectivity index (χ0) is 8.97. The van der Waals surface area contributed by atoms with Crippen molar-refractivity contribution >= 4 is 15.9 Å². The molecule has 0 unspecified atom stereocenters. The molecule has 0 radical (unpaired) electrons. The Labute approximate surface area is 78.4 Å². The molecule has 62 valence electrons. The van der Waals surface area contributed by atoms with Crippen molar-refractivity contribution in [1.29, 1.82) is 0 Å². The minimum Gasteiger partial charge on any atom is -0.384 e. The topological polar surface area (TPSA) is 20.2 Å². The minimum absolute atomic E-state index is 0.214. The van der Waals surface area contributed by atoms with Crippen LogP contribution in [0.4, 0.5) is 4.39 Å². The Balaban J connectivity index is 3.01. The van der Waals surface area contributed by atoms with Gasteiger partial charge in [0.15, 0.2) is 0 Å². The fourth-order valence-corrected chi connectivity index (χ4v) is 1.23. The van der Waals surface area contributed by atoms with Gasteiger partial charge in [0.1, 0.15) is 12.4 Å². The smallest absolute Gasteiger partial charge is 0.125 e. The predicted octanol–water partition coefficient (Wildman–Crippen LogP) is 1.93. The third-order valence-electron chi connectivity index (χ3n) is 1.17. The third-order valence-corrected chi connectivity index (χ3v) is 1.63. The second-order valence-electron chi connectivity index (χ2n) is 2.12. The highest BCUT2D eigenvalue weighted by molar-refractivity contribution is 9.10. The molecule has 0 saturated heterocycles. The number of hydrogen-bond acceptors (Lipinski definition) is 1. The van der Waals surface area contributed by atoms with Gasteiger partial charge in [-0.2, -0.15) is 0 Å². The largest absolute Gasteiger partial charge is 0.384 e. The fraction of sp³-hybridized carbons (Fsp3) is 0.111. The van der Waals surface area contributed by atoms with E-state index >= 15 is 0 Å². The normalized spacial score (nSPS) is 8.92. The molecule has 0 aromatic heterocycles. The van der Waals surface area contributed by atoms with E-state index in [1.54, 1.807) is 6.07 Å². The van der Waals surface area contributed by atoms with Crippen LogP contribution in [0.15, 0.2) is 22.7 Å². The molecule has 1 nitrogen and oxygen atoms in total. The van der Waals surface area contributed by atoms with E-state index in [1.165, 1.54) is 12.1 Å². The van der Waals surface area contributed by atoms with Gasteiger partial charge in [0, 0.05) is 10.0 Å². The summed E-state index contributed by atoms with van der Waals surface area (Å²) in [5.41, 5.74) is 0.552. The second-order valence-corrected chi connectivity index (χ2v) is 3.03. The fourth-order valence-electron chi connectivity index (χ4n) is 0.768. The van der Waals surface area contributed by atoms with E-state index in [9.17, 15) is 4.39 Å². The van der Waals surface area contributed by atoms with Gasteiger partial charge in [-0.05, 0) is 18.2 Å². The summed E-state index contributed by atoms with van der Waals surface area (Å²) >= 11 is 3.13. The molecule has 1 rings (SSSR count). The second kappa shape index (κ2) is 4.24. The van der Waals surface area contributed by atoms with Gasteiger partial charge in [-0.25, -0.2) is 4.39 Å². The lowest BCUT2D eigenvalue weighted by Gasteiger charge is -1.93. The van der Waals surface area contributed by atoms with Crippen molar-refractivity contribution in [3.05, 3.63) is 34.1 Å². The molecule has 0 saturated carbocycles. The van der Waals surface area contributed by atoms with Gasteiger partial charge in [0.25, 0.3) is 0 Å². The average molecular weight is 229 g/mol. The number of benzene rings is 1. The van der Waals surface area contributed by atoms with Crippen molar-refractivity contribution in [1.82, 2.24) is 0 Å². The van der Waals surface area contributed by atoms with Gasteiger partial charge in [0.2, 0.25) is 0 Å². The third kappa shape index (κ3) is 2.65. The molecule has 1 aromatic rings. The molecule has 0 aliphatic rings. The maximum Gasteiger partial charge on any atom is 0.125 e. The van der Waals surface area contributed by atoms with E-state index in [1.807, 2.05) is 0 Å². The first-order valence-electron chi connectivity index (χ1n) is 3.28. The van der Waals surface area contributed by atoms with E-state index in [0.717, 1.165) is 0 Å². The monoisotopic (exact) mass is 228 g/mol. The Kier molecular flexibility index (Phi) is 3.27. The summed E-state index contributed by atoms with van der Waals surface area (Å²) in [5, 5.41) is 8.39. The summed E-state index contributed by atoms with van der Waals surface area (Å²) in [7, 11) is 0. The van der Waals surface area contributed by atoms with Gasteiger partial charge in [-0.1, -0.05) is 27.8 Å². The molecule has 1 aromatic carbocycles. The standard InChI is InChI=1S/C9H6BrFO/c10-8-4-7(2-1-3-12)5-9(11)6-8/h4-6,12H,3H2. The maximum absolute atomic E-state index is 12.7. The summed E-state index contributed by atoms with van der Waals surface area (Å²) < 4.78 is 13.3. The number of halogens is 2. The highest BCUT2D eigenvalue weighted by Crippen LogP contribution is 2.13. The van der Waals surface area contributed by atoms with E-state index < -0.39 is 0 Å².